The highest BCUT2D eigenvalue weighted by Gasteiger charge is 2.13. The molecule has 0 saturated heterocycles. The summed E-state index contributed by atoms with van der Waals surface area (Å²) in [5.74, 6) is 0. The van der Waals surface area contributed by atoms with Crippen molar-refractivity contribution < 1.29 is 9.90 Å². The summed E-state index contributed by atoms with van der Waals surface area (Å²) in [6, 6.07) is 21.1. The lowest BCUT2D eigenvalue weighted by Gasteiger charge is -2.22. The van der Waals surface area contributed by atoms with Crippen molar-refractivity contribution in [1.29, 1.82) is 0 Å². The molecule has 5 nitrogen and oxygen atoms in total. The number of urea groups is 1. The van der Waals surface area contributed by atoms with Gasteiger partial charge in [-0.25, -0.2) is 4.79 Å². The Labute approximate surface area is 147 Å². The lowest BCUT2D eigenvalue weighted by atomic mass is 10.2. The molecular weight excluding hydrogens is 314 g/mol. The summed E-state index contributed by atoms with van der Waals surface area (Å²) in [5, 5.41) is 12.1. The Morgan fingerprint density at radius 2 is 1.64 bits per heavy atom. The second-order valence-corrected chi connectivity index (χ2v) is 5.70. The van der Waals surface area contributed by atoms with E-state index in [0.29, 0.717) is 6.54 Å². The molecule has 2 N–H and O–H groups in total. The fourth-order valence-electron chi connectivity index (χ4n) is 2.60. The van der Waals surface area contributed by atoms with Crippen molar-refractivity contribution in [3.8, 4) is 5.69 Å². The minimum atomic E-state index is -0.230. The molecule has 0 radical (unpaired) electrons. The first-order valence-corrected chi connectivity index (χ1v) is 8.20. The molecule has 25 heavy (non-hydrogen) atoms. The molecule has 1 aromatic heterocycles. The van der Waals surface area contributed by atoms with Crippen LogP contribution in [0.4, 0.5) is 10.5 Å². The highest BCUT2D eigenvalue weighted by atomic mass is 16.3. The summed E-state index contributed by atoms with van der Waals surface area (Å²) >= 11 is 0. The van der Waals surface area contributed by atoms with Crippen LogP contribution < -0.4 is 5.32 Å². The molecule has 0 aliphatic rings. The zero-order valence-electron chi connectivity index (χ0n) is 13.9. The number of anilines is 1. The molecule has 0 aliphatic carbocycles. The normalized spacial score (nSPS) is 10.4. The van der Waals surface area contributed by atoms with Gasteiger partial charge in [-0.3, -0.25) is 0 Å². The number of nitrogens with one attached hydrogen (secondary N) is 1. The Kier molecular flexibility index (Phi) is 5.49. The van der Waals surface area contributed by atoms with E-state index in [1.165, 1.54) is 0 Å². The van der Waals surface area contributed by atoms with Gasteiger partial charge in [-0.1, -0.05) is 30.3 Å². The Morgan fingerprint density at radius 3 is 2.28 bits per heavy atom. The van der Waals surface area contributed by atoms with Crippen LogP contribution in [0, 0.1) is 0 Å². The van der Waals surface area contributed by atoms with Crippen LogP contribution in [0.25, 0.3) is 5.69 Å². The summed E-state index contributed by atoms with van der Waals surface area (Å²) in [4.78, 5) is 14.1. The molecule has 0 bridgehead atoms. The van der Waals surface area contributed by atoms with E-state index >= 15 is 0 Å². The number of aromatic nitrogens is 1. The minimum absolute atomic E-state index is 0.0766. The van der Waals surface area contributed by atoms with Crippen LogP contribution in [-0.4, -0.2) is 33.8 Å². The van der Waals surface area contributed by atoms with Crippen molar-refractivity contribution in [2.75, 3.05) is 18.5 Å². The van der Waals surface area contributed by atoms with Gasteiger partial charge < -0.3 is 19.9 Å². The predicted octanol–water partition coefficient (Wildman–Crippen LogP) is 3.50. The molecule has 1 heterocycles. The number of nitrogens with zero attached hydrogens (tertiary/aromatic N) is 2. The van der Waals surface area contributed by atoms with Crippen LogP contribution in [0.3, 0.4) is 0 Å². The summed E-state index contributed by atoms with van der Waals surface area (Å²) in [6.45, 7) is 0.656. The van der Waals surface area contributed by atoms with Gasteiger partial charge in [0.2, 0.25) is 0 Å². The third-order valence-electron chi connectivity index (χ3n) is 3.89. The first-order chi connectivity index (χ1) is 12.3. The number of hydrogen-bond acceptors (Lipinski definition) is 2. The predicted molar refractivity (Wildman–Crippen MR) is 98.7 cm³/mol. The Bertz CT molecular complexity index is 784. The number of amides is 2. The van der Waals surface area contributed by atoms with Crippen molar-refractivity contribution in [3.05, 3.63) is 84.7 Å². The SMILES string of the molecule is O=C(Nc1ccc(-n2cccc2)cc1)N(CCO)Cc1ccccc1. The summed E-state index contributed by atoms with van der Waals surface area (Å²) < 4.78 is 2.00. The largest absolute Gasteiger partial charge is 0.395 e. The maximum Gasteiger partial charge on any atom is 0.322 e. The summed E-state index contributed by atoms with van der Waals surface area (Å²) in [5.41, 5.74) is 2.77. The maximum atomic E-state index is 12.5. The van der Waals surface area contributed by atoms with Gasteiger partial charge in [0.15, 0.2) is 0 Å². The van der Waals surface area contributed by atoms with E-state index in [1.807, 2.05) is 83.7 Å². The van der Waals surface area contributed by atoms with Crippen molar-refractivity contribution in [3.63, 3.8) is 0 Å². The van der Waals surface area contributed by atoms with Crippen LogP contribution >= 0.6 is 0 Å². The third kappa shape index (κ3) is 4.49. The average molecular weight is 335 g/mol. The van der Waals surface area contributed by atoms with Gasteiger partial charge in [0.05, 0.1) is 6.61 Å². The molecule has 3 aromatic rings. The van der Waals surface area contributed by atoms with Crippen molar-refractivity contribution in [1.82, 2.24) is 9.47 Å². The smallest absolute Gasteiger partial charge is 0.322 e. The van der Waals surface area contributed by atoms with Gasteiger partial charge >= 0.3 is 6.03 Å². The number of aliphatic hydroxyl groups is 1. The average Bonchev–Trinajstić information content (AvgIpc) is 3.17. The van der Waals surface area contributed by atoms with E-state index in [0.717, 1.165) is 16.9 Å². The number of carbonyl (C=O) groups excluding carboxylic acids is 1. The monoisotopic (exact) mass is 335 g/mol. The quantitative estimate of drug-likeness (QED) is 0.724. The molecule has 5 heteroatoms. The molecule has 0 unspecified atom stereocenters. The number of aliphatic hydroxyl groups excluding tert-OH is 1. The summed E-state index contributed by atoms with van der Waals surface area (Å²) in [6.07, 6.45) is 3.94. The topological polar surface area (TPSA) is 57.5 Å². The van der Waals surface area contributed by atoms with E-state index in [4.69, 9.17) is 0 Å². The molecule has 0 saturated carbocycles. The van der Waals surface area contributed by atoms with Gasteiger partial charge in [-0.2, -0.15) is 0 Å². The highest BCUT2D eigenvalue weighted by molar-refractivity contribution is 5.89. The van der Waals surface area contributed by atoms with E-state index in [9.17, 15) is 9.90 Å². The lowest BCUT2D eigenvalue weighted by Crippen LogP contribution is -2.36. The zero-order valence-corrected chi connectivity index (χ0v) is 13.9. The second kappa shape index (κ2) is 8.17. The van der Waals surface area contributed by atoms with Crippen LogP contribution in [0.5, 0.6) is 0 Å². The zero-order chi connectivity index (χ0) is 17.5. The molecule has 3 rings (SSSR count). The highest BCUT2D eigenvalue weighted by Crippen LogP contribution is 2.15. The molecule has 0 aliphatic heterocycles. The van der Waals surface area contributed by atoms with Crippen LogP contribution in [0.1, 0.15) is 5.56 Å². The van der Waals surface area contributed by atoms with Gasteiger partial charge in [0, 0.05) is 36.9 Å². The molecule has 0 fully saturated rings. The van der Waals surface area contributed by atoms with E-state index in [-0.39, 0.29) is 19.2 Å². The summed E-state index contributed by atoms with van der Waals surface area (Å²) in [7, 11) is 0. The Balaban J connectivity index is 1.66. The molecule has 0 spiro atoms. The van der Waals surface area contributed by atoms with Gasteiger partial charge in [-0.05, 0) is 42.0 Å². The fraction of sp³-hybridized carbons (Fsp3) is 0.150. The van der Waals surface area contributed by atoms with Crippen molar-refractivity contribution in [2.45, 2.75) is 6.54 Å². The number of rotatable bonds is 6. The number of carbonyl (C=O) groups is 1. The van der Waals surface area contributed by atoms with Crippen molar-refractivity contribution >= 4 is 11.7 Å². The fourth-order valence-corrected chi connectivity index (χ4v) is 2.60. The maximum absolute atomic E-state index is 12.5. The van der Waals surface area contributed by atoms with Crippen LogP contribution in [0.2, 0.25) is 0 Å². The van der Waals surface area contributed by atoms with E-state index < -0.39 is 0 Å². The molecule has 2 amide bonds. The third-order valence-corrected chi connectivity index (χ3v) is 3.89. The van der Waals surface area contributed by atoms with Gasteiger partial charge in [-0.15, -0.1) is 0 Å². The number of benzene rings is 2. The minimum Gasteiger partial charge on any atom is -0.395 e. The Morgan fingerprint density at radius 1 is 0.960 bits per heavy atom. The standard InChI is InChI=1S/C20H21N3O2/c24-15-14-23(16-17-6-2-1-3-7-17)20(25)21-18-8-10-19(11-9-18)22-12-4-5-13-22/h1-13,24H,14-16H2,(H,21,25). The number of hydrogen-bond donors (Lipinski definition) is 2. The first-order valence-electron chi connectivity index (χ1n) is 8.20. The van der Waals surface area contributed by atoms with Crippen molar-refractivity contribution in [2.24, 2.45) is 0 Å². The van der Waals surface area contributed by atoms with Gasteiger partial charge in [0.25, 0.3) is 0 Å². The molecular formula is C20H21N3O2. The molecule has 128 valence electrons. The van der Waals surface area contributed by atoms with Gasteiger partial charge in [0.1, 0.15) is 0 Å². The van der Waals surface area contributed by atoms with Crippen LogP contribution in [-0.2, 0) is 6.54 Å². The molecule has 2 aromatic carbocycles. The second-order valence-electron chi connectivity index (χ2n) is 5.70. The van der Waals surface area contributed by atoms with E-state index in [2.05, 4.69) is 5.32 Å². The van der Waals surface area contributed by atoms with Crippen LogP contribution in [0.15, 0.2) is 79.1 Å². The Hall–Kier alpha value is -3.05. The lowest BCUT2D eigenvalue weighted by molar-refractivity contribution is 0.185. The first kappa shape index (κ1) is 16.8. The van der Waals surface area contributed by atoms with E-state index in [1.54, 1.807) is 4.90 Å². The molecule has 0 atom stereocenters.